The molecule has 2 aromatic heterocycles. The summed E-state index contributed by atoms with van der Waals surface area (Å²) < 4.78 is 0. The predicted molar refractivity (Wildman–Crippen MR) is 63.7 cm³/mol. The Balaban J connectivity index is 2.16. The lowest BCUT2D eigenvalue weighted by molar-refractivity contribution is 0.102. The lowest BCUT2D eigenvalue weighted by Gasteiger charge is -2.03. The van der Waals surface area contributed by atoms with Crippen LogP contribution < -0.4 is 11.1 Å². The third-order valence-corrected chi connectivity index (χ3v) is 2.22. The summed E-state index contributed by atoms with van der Waals surface area (Å²) in [6, 6.07) is 0. The number of aryl methyl sites for hydroxylation is 2. The lowest BCUT2D eigenvalue weighted by atomic mass is 10.4. The Bertz CT molecular complexity index is 581. The van der Waals surface area contributed by atoms with Gasteiger partial charge in [0, 0.05) is 0 Å². The van der Waals surface area contributed by atoms with Crippen LogP contribution in [0, 0.1) is 13.8 Å². The van der Waals surface area contributed by atoms with Gasteiger partial charge in [0.2, 0.25) is 5.95 Å². The minimum absolute atomic E-state index is 0.127. The van der Waals surface area contributed by atoms with E-state index in [1.807, 2.05) is 0 Å². The number of hydrogen-bond donors (Lipinski definition) is 2. The molecule has 0 spiro atoms. The van der Waals surface area contributed by atoms with Crippen LogP contribution in [0.25, 0.3) is 0 Å². The van der Waals surface area contributed by atoms with Crippen LogP contribution >= 0.6 is 0 Å². The first-order chi connectivity index (χ1) is 8.56. The molecule has 3 N–H and O–H groups in total. The summed E-state index contributed by atoms with van der Waals surface area (Å²) in [5.74, 6) is -0.0927. The molecule has 1 amide bonds. The smallest absolute Gasteiger partial charge is 0.278 e. The van der Waals surface area contributed by atoms with E-state index in [1.54, 1.807) is 13.8 Å². The van der Waals surface area contributed by atoms with E-state index in [0.29, 0.717) is 11.4 Å². The van der Waals surface area contributed by atoms with Crippen LogP contribution in [0.15, 0.2) is 12.4 Å². The van der Waals surface area contributed by atoms with E-state index in [4.69, 9.17) is 5.73 Å². The van der Waals surface area contributed by atoms with E-state index in [-0.39, 0.29) is 17.5 Å². The van der Waals surface area contributed by atoms with Crippen LogP contribution in [0.5, 0.6) is 0 Å². The maximum Gasteiger partial charge on any atom is 0.278 e. The molecule has 0 aliphatic carbocycles. The number of nitrogen functional groups attached to an aromatic ring is 1. The van der Waals surface area contributed by atoms with Crippen molar-refractivity contribution in [3.63, 3.8) is 0 Å². The zero-order valence-electron chi connectivity index (χ0n) is 9.88. The molecule has 0 aromatic carbocycles. The zero-order valence-corrected chi connectivity index (χ0v) is 9.88. The Morgan fingerprint density at radius 3 is 2.56 bits per heavy atom. The third kappa shape index (κ3) is 2.54. The Labute approximate surface area is 103 Å². The number of nitrogens with two attached hydrogens (primary N) is 1. The van der Waals surface area contributed by atoms with Gasteiger partial charge in [0.1, 0.15) is 11.5 Å². The number of amides is 1. The van der Waals surface area contributed by atoms with Crippen LogP contribution in [0.3, 0.4) is 0 Å². The Morgan fingerprint density at radius 1 is 1.17 bits per heavy atom. The van der Waals surface area contributed by atoms with Gasteiger partial charge in [0.05, 0.1) is 23.8 Å². The van der Waals surface area contributed by atoms with Crippen LogP contribution in [0.4, 0.5) is 11.8 Å². The number of carbonyl (C=O) groups excluding carboxylic acids is 1. The average Bonchev–Trinajstić information content (AvgIpc) is 2.34. The number of hydrogen-bond acceptors (Lipinski definition) is 7. The number of rotatable bonds is 2. The van der Waals surface area contributed by atoms with Gasteiger partial charge in [-0.1, -0.05) is 0 Å². The summed E-state index contributed by atoms with van der Waals surface area (Å²) in [6.45, 7) is 3.56. The van der Waals surface area contributed by atoms with Gasteiger partial charge in [-0.3, -0.25) is 10.1 Å². The number of anilines is 2. The summed E-state index contributed by atoms with van der Waals surface area (Å²) in [7, 11) is 0. The summed E-state index contributed by atoms with van der Waals surface area (Å²) in [6.07, 6.45) is 2.58. The van der Waals surface area contributed by atoms with E-state index in [0.717, 1.165) is 0 Å². The topological polar surface area (TPSA) is 120 Å². The Kier molecular flexibility index (Phi) is 3.09. The first-order valence-corrected chi connectivity index (χ1v) is 5.13. The molecule has 18 heavy (non-hydrogen) atoms. The van der Waals surface area contributed by atoms with Crippen molar-refractivity contribution in [3.8, 4) is 0 Å². The molecule has 0 bridgehead atoms. The van der Waals surface area contributed by atoms with Crippen LogP contribution in [-0.2, 0) is 0 Å². The highest BCUT2D eigenvalue weighted by atomic mass is 16.2. The molecule has 0 atom stereocenters. The van der Waals surface area contributed by atoms with E-state index in [2.05, 4.69) is 30.5 Å². The molecule has 0 saturated heterocycles. The maximum atomic E-state index is 11.8. The summed E-state index contributed by atoms with van der Waals surface area (Å²) >= 11 is 0. The molecule has 92 valence electrons. The van der Waals surface area contributed by atoms with Crippen LogP contribution in [0.1, 0.15) is 21.9 Å². The van der Waals surface area contributed by atoms with E-state index < -0.39 is 5.91 Å². The molecule has 2 heterocycles. The molecule has 8 nitrogen and oxygen atoms in total. The van der Waals surface area contributed by atoms with Crippen LogP contribution in [0.2, 0.25) is 0 Å². The van der Waals surface area contributed by atoms with Gasteiger partial charge in [-0.15, -0.1) is 5.10 Å². The second kappa shape index (κ2) is 4.70. The normalized spacial score (nSPS) is 10.1. The van der Waals surface area contributed by atoms with Crippen molar-refractivity contribution in [2.75, 3.05) is 11.1 Å². The van der Waals surface area contributed by atoms with Crippen molar-refractivity contribution in [1.29, 1.82) is 0 Å². The number of carbonyl (C=O) groups is 1. The Hall–Kier alpha value is -2.64. The zero-order chi connectivity index (χ0) is 13.1. The average molecular weight is 245 g/mol. The first-order valence-electron chi connectivity index (χ1n) is 5.13. The fourth-order valence-corrected chi connectivity index (χ4v) is 1.13. The number of nitrogens with one attached hydrogen (secondary N) is 1. The highest BCUT2D eigenvalue weighted by Gasteiger charge is 2.10. The molecule has 0 aliphatic rings. The minimum atomic E-state index is -0.465. The molecule has 0 fully saturated rings. The molecule has 2 aromatic rings. The van der Waals surface area contributed by atoms with Crippen molar-refractivity contribution < 1.29 is 4.79 Å². The quantitative estimate of drug-likeness (QED) is 0.770. The molecule has 0 aliphatic heterocycles. The van der Waals surface area contributed by atoms with Gasteiger partial charge < -0.3 is 5.73 Å². The monoisotopic (exact) mass is 245 g/mol. The first kappa shape index (κ1) is 11.8. The fourth-order valence-electron chi connectivity index (χ4n) is 1.13. The number of nitrogens with zero attached hydrogens (tertiary/aromatic N) is 5. The van der Waals surface area contributed by atoms with Crippen molar-refractivity contribution >= 4 is 17.7 Å². The Morgan fingerprint density at radius 2 is 1.94 bits per heavy atom. The van der Waals surface area contributed by atoms with Gasteiger partial charge in [-0.05, 0) is 13.8 Å². The third-order valence-electron chi connectivity index (χ3n) is 2.22. The van der Waals surface area contributed by atoms with Gasteiger partial charge >= 0.3 is 0 Å². The highest BCUT2D eigenvalue weighted by Crippen LogP contribution is 2.04. The molecule has 0 saturated carbocycles. The predicted octanol–water partition coefficient (Wildman–Crippen LogP) is 0.113. The summed E-state index contributed by atoms with van der Waals surface area (Å²) in [4.78, 5) is 23.4. The lowest BCUT2D eigenvalue weighted by Crippen LogP contribution is -2.17. The molecule has 8 heteroatoms. The maximum absolute atomic E-state index is 11.8. The molecular formula is C10H11N7O. The second-order valence-electron chi connectivity index (χ2n) is 3.59. The van der Waals surface area contributed by atoms with E-state index >= 15 is 0 Å². The largest absolute Gasteiger partial charge is 0.382 e. The summed E-state index contributed by atoms with van der Waals surface area (Å²) in [5, 5.41) is 10.1. The van der Waals surface area contributed by atoms with Gasteiger partial charge in [-0.25, -0.2) is 15.0 Å². The van der Waals surface area contributed by atoms with Gasteiger partial charge in [-0.2, -0.15) is 5.10 Å². The molecule has 0 radical (unpaired) electrons. The minimum Gasteiger partial charge on any atom is -0.382 e. The van der Waals surface area contributed by atoms with E-state index in [1.165, 1.54) is 12.4 Å². The van der Waals surface area contributed by atoms with Crippen molar-refractivity contribution in [2.45, 2.75) is 13.8 Å². The van der Waals surface area contributed by atoms with Crippen molar-refractivity contribution in [1.82, 2.24) is 25.1 Å². The highest BCUT2D eigenvalue weighted by molar-refractivity contribution is 6.01. The molecule has 2 rings (SSSR count). The second-order valence-corrected chi connectivity index (χ2v) is 3.59. The molecular weight excluding hydrogens is 234 g/mol. The molecule has 0 unspecified atom stereocenters. The van der Waals surface area contributed by atoms with Crippen molar-refractivity contribution in [3.05, 3.63) is 29.5 Å². The SMILES string of the molecule is Cc1nnc(NC(=O)c2cnc(N)cn2)nc1C. The standard InChI is InChI=1S/C10H11N7O/c1-5-6(2)16-17-10(14-5)15-9(18)7-3-13-8(11)4-12-7/h3-4H,1-2H3,(H2,11,13)(H,14,15,17,18). The number of aromatic nitrogens is 5. The fraction of sp³-hybridized carbons (Fsp3) is 0.200. The summed E-state index contributed by atoms with van der Waals surface area (Å²) in [5.41, 5.74) is 6.91. The van der Waals surface area contributed by atoms with Crippen molar-refractivity contribution in [2.24, 2.45) is 0 Å². The van der Waals surface area contributed by atoms with E-state index in [9.17, 15) is 4.79 Å². The van der Waals surface area contributed by atoms with Gasteiger partial charge in [0.15, 0.2) is 0 Å². The van der Waals surface area contributed by atoms with Crippen LogP contribution in [-0.4, -0.2) is 31.1 Å². The van der Waals surface area contributed by atoms with Gasteiger partial charge in [0.25, 0.3) is 5.91 Å².